The average Bonchev–Trinajstić information content (AvgIpc) is 2.71. The van der Waals surface area contributed by atoms with Gasteiger partial charge in [-0.25, -0.2) is 0 Å². The van der Waals surface area contributed by atoms with Gasteiger partial charge in [-0.05, 0) is 67.9 Å². The SMILES string of the molecule is CCC1=C(CCCCC2CCCCC2)NC(C)=C(C(C)O)C1c1cccc(Cl)c1. The smallest absolute Gasteiger partial charge is 0.0750 e. The molecule has 0 amide bonds. The van der Waals surface area contributed by atoms with E-state index in [4.69, 9.17) is 11.6 Å². The topological polar surface area (TPSA) is 32.3 Å². The van der Waals surface area contributed by atoms with E-state index >= 15 is 0 Å². The van der Waals surface area contributed by atoms with Crippen molar-refractivity contribution in [2.45, 2.75) is 97.0 Å². The Hall–Kier alpha value is -1.25. The molecule has 0 spiro atoms. The second kappa shape index (κ2) is 10.7. The maximum atomic E-state index is 10.6. The Morgan fingerprint density at radius 2 is 1.93 bits per heavy atom. The third kappa shape index (κ3) is 5.67. The summed E-state index contributed by atoms with van der Waals surface area (Å²) in [6.07, 6.45) is 12.7. The zero-order valence-corrected chi connectivity index (χ0v) is 19.2. The second-order valence-corrected chi connectivity index (χ2v) is 9.41. The number of halogens is 1. The lowest BCUT2D eigenvalue weighted by molar-refractivity contribution is 0.222. The zero-order valence-electron chi connectivity index (χ0n) is 18.4. The lowest BCUT2D eigenvalue weighted by atomic mass is 9.77. The van der Waals surface area contributed by atoms with Crippen LogP contribution in [0.1, 0.15) is 96.5 Å². The van der Waals surface area contributed by atoms with E-state index in [2.05, 4.69) is 31.3 Å². The van der Waals surface area contributed by atoms with Crippen molar-refractivity contribution in [3.8, 4) is 0 Å². The molecule has 0 radical (unpaired) electrons. The summed E-state index contributed by atoms with van der Waals surface area (Å²) in [6.45, 7) is 6.21. The Bertz CT molecular complexity index is 743. The number of hydrogen-bond acceptors (Lipinski definition) is 2. The van der Waals surface area contributed by atoms with Crippen molar-refractivity contribution in [1.82, 2.24) is 5.32 Å². The van der Waals surface area contributed by atoms with Gasteiger partial charge in [0.15, 0.2) is 0 Å². The van der Waals surface area contributed by atoms with Crippen molar-refractivity contribution in [3.63, 3.8) is 0 Å². The van der Waals surface area contributed by atoms with Gasteiger partial charge in [0.25, 0.3) is 0 Å². The minimum Gasteiger partial charge on any atom is -0.389 e. The van der Waals surface area contributed by atoms with E-state index < -0.39 is 6.10 Å². The average molecular weight is 416 g/mol. The van der Waals surface area contributed by atoms with Crippen LogP contribution in [0.15, 0.2) is 46.8 Å². The molecule has 1 aromatic carbocycles. The van der Waals surface area contributed by atoms with E-state index in [1.165, 1.54) is 68.2 Å². The highest BCUT2D eigenvalue weighted by molar-refractivity contribution is 6.30. The van der Waals surface area contributed by atoms with Gasteiger partial charge in [0.2, 0.25) is 0 Å². The zero-order chi connectivity index (χ0) is 20.8. The number of dihydropyridines is 1. The van der Waals surface area contributed by atoms with Crippen LogP contribution in [0.4, 0.5) is 0 Å². The van der Waals surface area contributed by atoms with Gasteiger partial charge >= 0.3 is 0 Å². The van der Waals surface area contributed by atoms with E-state index in [1.54, 1.807) is 0 Å². The van der Waals surface area contributed by atoms with E-state index in [1.807, 2.05) is 19.1 Å². The van der Waals surface area contributed by atoms with Crippen LogP contribution in [0, 0.1) is 5.92 Å². The quantitative estimate of drug-likeness (QED) is 0.431. The first kappa shape index (κ1) is 22.4. The van der Waals surface area contributed by atoms with Crippen LogP contribution in [0.2, 0.25) is 5.02 Å². The van der Waals surface area contributed by atoms with E-state index in [9.17, 15) is 5.11 Å². The molecule has 0 aromatic heterocycles. The predicted octanol–water partition coefficient (Wildman–Crippen LogP) is 7.49. The third-order valence-electron chi connectivity index (χ3n) is 6.85. The molecule has 3 heteroatoms. The fourth-order valence-corrected chi connectivity index (χ4v) is 5.63. The van der Waals surface area contributed by atoms with Gasteiger partial charge in [0, 0.05) is 22.3 Å². The largest absolute Gasteiger partial charge is 0.389 e. The summed E-state index contributed by atoms with van der Waals surface area (Å²) in [7, 11) is 0. The highest BCUT2D eigenvalue weighted by Crippen LogP contribution is 2.42. The van der Waals surface area contributed by atoms with E-state index in [-0.39, 0.29) is 5.92 Å². The first-order valence-electron chi connectivity index (χ1n) is 11.6. The summed E-state index contributed by atoms with van der Waals surface area (Å²) in [5.74, 6) is 1.08. The first-order chi connectivity index (χ1) is 14.0. The normalized spacial score (nSPS) is 22.0. The standard InChI is InChI=1S/C26H38ClNO/c1-4-23-24(16-9-8-13-20-11-6-5-7-12-20)28-18(2)25(19(3)29)26(23)21-14-10-15-22(27)17-21/h10,14-15,17,19-20,26,28-29H,4-9,11-13,16H2,1-3H3. The van der Waals surface area contributed by atoms with Crippen molar-refractivity contribution in [2.24, 2.45) is 5.92 Å². The molecule has 1 heterocycles. The van der Waals surface area contributed by atoms with Crippen molar-refractivity contribution in [1.29, 1.82) is 0 Å². The van der Waals surface area contributed by atoms with Crippen LogP contribution in [0.5, 0.6) is 0 Å². The molecule has 2 N–H and O–H groups in total. The fraction of sp³-hybridized carbons (Fsp3) is 0.615. The molecule has 2 atom stereocenters. The van der Waals surface area contributed by atoms with E-state index in [0.717, 1.165) is 35.1 Å². The Morgan fingerprint density at radius 1 is 1.17 bits per heavy atom. The van der Waals surface area contributed by atoms with Gasteiger partial charge in [-0.15, -0.1) is 0 Å². The Morgan fingerprint density at radius 3 is 2.59 bits per heavy atom. The van der Waals surface area contributed by atoms with Crippen molar-refractivity contribution < 1.29 is 5.11 Å². The van der Waals surface area contributed by atoms with Crippen LogP contribution in [-0.4, -0.2) is 11.2 Å². The minimum absolute atomic E-state index is 0.119. The molecule has 1 saturated carbocycles. The lowest BCUT2D eigenvalue weighted by Gasteiger charge is -2.35. The molecule has 2 nitrogen and oxygen atoms in total. The van der Waals surface area contributed by atoms with Gasteiger partial charge in [0.1, 0.15) is 0 Å². The highest BCUT2D eigenvalue weighted by Gasteiger charge is 2.31. The van der Waals surface area contributed by atoms with Gasteiger partial charge in [-0.1, -0.05) is 75.6 Å². The number of rotatable bonds is 8. The molecule has 2 aliphatic rings. The molecule has 1 aliphatic heterocycles. The second-order valence-electron chi connectivity index (χ2n) is 8.98. The monoisotopic (exact) mass is 415 g/mol. The number of nitrogens with one attached hydrogen (secondary N) is 1. The van der Waals surface area contributed by atoms with Gasteiger partial charge < -0.3 is 10.4 Å². The van der Waals surface area contributed by atoms with Crippen LogP contribution in [0.25, 0.3) is 0 Å². The Balaban J connectivity index is 1.77. The maximum absolute atomic E-state index is 10.6. The van der Waals surface area contributed by atoms with Crippen LogP contribution in [0.3, 0.4) is 0 Å². The molecule has 0 bridgehead atoms. The molecule has 1 aromatic rings. The maximum Gasteiger partial charge on any atom is 0.0750 e. The molecular formula is C26H38ClNO. The number of hydrogen-bond donors (Lipinski definition) is 2. The molecular weight excluding hydrogens is 378 g/mol. The molecule has 1 aliphatic carbocycles. The third-order valence-corrected chi connectivity index (χ3v) is 7.08. The first-order valence-corrected chi connectivity index (χ1v) is 12.0. The fourth-order valence-electron chi connectivity index (χ4n) is 5.43. The Kier molecular flexibility index (Phi) is 8.26. The molecule has 160 valence electrons. The summed E-state index contributed by atoms with van der Waals surface area (Å²) in [6, 6.07) is 8.15. The minimum atomic E-state index is -0.485. The van der Waals surface area contributed by atoms with Crippen molar-refractivity contribution in [2.75, 3.05) is 0 Å². The molecule has 2 unspecified atom stereocenters. The summed E-state index contributed by atoms with van der Waals surface area (Å²) in [4.78, 5) is 0. The number of aliphatic hydroxyl groups excluding tert-OH is 1. The van der Waals surface area contributed by atoms with Gasteiger partial charge in [-0.3, -0.25) is 0 Å². The van der Waals surface area contributed by atoms with Crippen LogP contribution >= 0.6 is 11.6 Å². The van der Waals surface area contributed by atoms with Gasteiger partial charge in [-0.2, -0.15) is 0 Å². The van der Waals surface area contributed by atoms with Crippen LogP contribution in [-0.2, 0) is 0 Å². The van der Waals surface area contributed by atoms with Crippen molar-refractivity contribution >= 4 is 11.6 Å². The molecule has 0 saturated heterocycles. The lowest BCUT2D eigenvalue weighted by Crippen LogP contribution is -2.30. The summed E-state index contributed by atoms with van der Waals surface area (Å²) >= 11 is 6.32. The summed E-state index contributed by atoms with van der Waals surface area (Å²) in [5.41, 5.74) is 6.14. The number of benzene rings is 1. The molecule has 3 rings (SSSR count). The van der Waals surface area contributed by atoms with Crippen molar-refractivity contribution in [3.05, 3.63) is 57.4 Å². The molecule has 29 heavy (non-hydrogen) atoms. The summed E-state index contributed by atoms with van der Waals surface area (Å²) in [5, 5.41) is 15.0. The Labute approximate surface area is 182 Å². The number of aliphatic hydroxyl groups is 1. The van der Waals surface area contributed by atoms with Gasteiger partial charge in [0.05, 0.1) is 6.10 Å². The summed E-state index contributed by atoms with van der Waals surface area (Å²) < 4.78 is 0. The predicted molar refractivity (Wildman–Crippen MR) is 124 cm³/mol. The van der Waals surface area contributed by atoms with E-state index in [0.29, 0.717) is 0 Å². The number of unbranched alkanes of at least 4 members (excludes halogenated alkanes) is 1. The van der Waals surface area contributed by atoms with Crippen LogP contribution < -0.4 is 5.32 Å². The highest BCUT2D eigenvalue weighted by atomic mass is 35.5. The molecule has 1 fully saturated rings. The number of allylic oxidation sites excluding steroid dienone is 3.